The highest BCUT2D eigenvalue weighted by molar-refractivity contribution is 5.60. The lowest BCUT2D eigenvalue weighted by Crippen LogP contribution is -2.16. The molecule has 0 saturated carbocycles. The van der Waals surface area contributed by atoms with Crippen LogP contribution in [0, 0.1) is 13.8 Å². The fraction of sp³-hybridized carbons (Fsp3) is 0.467. The number of nitrogens with one attached hydrogen (secondary N) is 1. The number of nitrogens with zero attached hydrogens (tertiary/aromatic N) is 2. The largest absolute Gasteiger partial charge is 0.507 e. The standard InChI is InChI=1S/C15H19N3O3/c1-8-4-10(5-9(2)13(8)19)14-17-15(21-18-14)12-6-11(20-3)7-16-12/h4-5,11-12,16,19H,6-7H2,1-3H3/t11-,12+/m0/s1. The lowest BCUT2D eigenvalue weighted by molar-refractivity contribution is 0.116. The molecule has 0 spiro atoms. The Labute approximate surface area is 123 Å². The van der Waals surface area contributed by atoms with Crippen molar-refractivity contribution < 1.29 is 14.4 Å². The summed E-state index contributed by atoms with van der Waals surface area (Å²) >= 11 is 0. The molecule has 1 aliphatic rings. The van der Waals surface area contributed by atoms with Crippen molar-refractivity contribution in [3.05, 3.63) is 29.2 Å². The molecule has 0 unspecified atom stereocenters. The molecule has 1 fully saturated rings. The zero-order valence-electron chi connectivity index (χ0n) is 12.4. The molecule has 2 aromatic rings. The molecular weight excluding hydrogens is 270 g/mol. The summed E-state index contributed by atoms with van der Waals surface area (Å²) < 4.78 is 10.7. The highest BCUT2D eigenvalue weighted by atomic mass is 16.5. The Bertz CT molecular complexity index is 630. The fourth-order valence-electron chi connectivity index (χ4n) is 2.65. The summed E-state index contributed by atoms with van der Waals surface area (Å²) in [6.07, 6.45) is 1.01. The minimum Gasteiger partial charge on any atom is -0.507 e. The monoisotopic (exact) mass is 289 g/mol. The summed E-state index contributed by atoms with van der Waals surface area (Å²) in [5, 5.41) is 17.2. The SMILES string of the molecule is CO[C@@H]1CN[C@@H](c2nc(-c3cc(C)c(O)c(C)c3)no2)C1. The van der Waals surface area contributed by atoms with Gasteiger partial charge in [0.15, 0.2) is 0 Å². The van der Waals surface area contributed by atoms with Gasteiger partial charge in [-0.15, -0.1) is 0 Å². The van der Waals surface area contributed by atoms with Crippen LogP contribution in [0.5, 0.6) is 5.75 Å². The third-order valence-corrected chi connectivity index (χ3v) is 3.91. The summed E-state index contributed by atoms with van der Waals surface area (Å²) in [5.74, 6) is 1.43. The van der Waals surface area contributed by atoms with E-state index in [9.17, 15) is 5.11 Å². The van der Waals surface area contributed by atoms with Crippen molar-refractivity contribution in [1.29, 1.82) is 0 Å². The smallest absolute Gasteiger partial charge is 0.244 e. The second-order valence-corrected chi connectivity index (χ2v) is 5.47. The van der Waals surface area contributed by atoms with E-state index in [0.717, 1.165) is 29.7 Å². The number of rotatable bonds is 3. The van der Waals surface area contributed by atoms with Crippen LogP contribution in [-0.2, 0) is 4.74 Å². The first-order chi connectivity index (χ1) is 10.1. The first-order valence-corrected chi connectivity index (χ1v) is 6.99. The number of hydrogen-bond acceptors (Lipinski definition) is 6. The molecule has 0 radical (unpaired) electrons. The van der Waals surface area contributed by atoms with Crippen molar-refractivity contribution in [2.24, 2.45) is 0 Å². The molecule has 0 amide bonds. The molecule has 1 saturated heterocycles. The Hall–Kier alpha value is -1.92. The van der Waals surface area contributed by atoms with Gasteiger partial charge in [-0.2, -0.15) is 4.98 Å². The first kappa shape index (κ1) is 14.0. The highest BCUT2D eigenvalue weighted by Gasteiger charge is 2.29. The molecule has 1 aromatic carbocycles. The van der Waals surface area contributed by atoms with Crippen molar-refractivity contribution in [3.8, 4) is 17.1 Å². The Morgan fingerprint density at radius 3 is 2.67 bits per heavy atom. The van der Waals surface area contributed by atoms with Gasteiger partial charge < -0.3 is 19.7 Å². The summed E-state index contributed by atoms with van der Waals surface area (Å²) in [6, 6.07) is 3.75. The molecule has 6 heteroatoms. The molecule has 0 bridgehead atoms. The molecule has 21 heavy (non-hydrogen) atoms. The lowest BCUT2D eigenvalue weighted by atomic mass is 10.1. The van der Waals surface area contributed by atoms with Gasteiger partial charge in [0.05, 0.1) is 12.1 Å². The van der Waals surface area contributed by atoms with Crippen molar-refractivity contribution >= 4 is 0 Å². The average Bonchev–Trinajstić information content (AvgIpc) is 3.12. The van der Waals surface area contributed by atoms with Gasteiger partial charge in [-0.3, -0.25) is 0 Å². The molecule has 1 aromatic heterocycles. The second-order valence-electron chi connectivity index (χ2n) is 5.47. The van der Waals surface area contributed by atoms with Crippen LogP contribution in [0.25, 0.3) is 11.4 Å². The predicted octanol–water partition coefficient (Wildman–Crippen LogP) is 2.11. The van der Waals surface area contributed by atoms with E-state index in [1.165, 1.54) is 0 Å². The minimum atomic E-state index is 0.0375. The summed E-state index contributed by atoms with van der Waals surface area (Å²) in [7, 11) is 1.70. The van der Waals surface area contributed by atoms with Crippen LogP contribution in [-0.4, -0.2) is 35.0 Å². The summed E-state index contributed by atoms with van der Waals surface area (Å²) in [6.45, 7) is 4.50. The number of phenolic OH excluding ortho intramolecular Hbond substituents is 1. The normalized spacial score (nSPS) is 21.9. The Balaban J connectivity index is 1.85. The Morgan fingerprint density at radius 2 is 2.05 bits per heavy atom. The van der Waals surface area contributed by atoms with Gasteiger partial charge in [-0.25, -0.2) is 0 Å². The summed E-state index contributed by atoms with van der Waals surface area (Å²) in [4.78, 5) is 4.47. The summed E-state index contributed by atoms with van der Waals surface area (Å²) in [5.41, 5.74) is 2.45. The van der Waals surface area contributed by atoms with Gasteiger partial charge in [0.1, 0.15) is 5.75 Å². The van der Waals surface area contributed by atoms with Crippen LogP contribution >= 0.6 is 0 Å². The van der Waals surface area contributed by atoms with E-state index in [4.69, 9.17) is 9.26 Å². The molecule has 0 aliphatic carbocycles. The molecule has 6 nitrogen and oxygen atoms in total. The van der Waals surface area contributed by atoms with Gasteiger partial charge in [0.2, 0.25) is 11.7 Å². The van der Waals surface area contributed by atoms with Gasteiger partial charge in [-0.1, -0.05) is 5.16 Å². The third-order valence-electron chi connectivity index (χ3n) is 3.91. The number of ether oxygens (including phenoxy) is 1. The Morgan fingerprint density at radius 1 is 1.33 bits per heavy atom. The van der Waals surface area contributed by atoms with Crippen LogP contribution in [0.4, 0.5) is 0 Å². The van der Waals surface area contributed by atoms with Gasteiger partial charge in [0, 0.05) is 19.2 Å². The van der Waals surface area contributed by atoms with E-state index in [1.807, 2.05) is 26.0 Å². The second kappa shape index (κ2) is 5.46. The topological polar surface area (TPSA) is 80.4 Å². The van der Waals surface area contributed by atoms with Crippen LogP contribution in [0.15, 0.2) is 16.7 Å². The molecular formula is C15H19N3O3. The highest BCUT2D eigenvalue weighted by Crippen LogP contribution is 2.29. The number of aryl methyl sites for hydroxylation is 2. The van der Waals surface area contributed by atoms with Crippen LogP contribution in [0.3, 0.4) is 0 Å². The zero-order valence-corrected chi connectivity index (χ0v) is 12.4. The number of methoxy groups -OCH3 is 1. The van der Waals surface area contributed by atoms with Crippen LogP contribution in [0.2, 0.25) is 0 Å². The minimum absolute atomic E-state index is 0.0375. The molecule has 1 aliphatic heterocycles. The average molecular weight is 289 g/mol. The van der Waals surface area contributed by atoms with Crippen molar-refractivity contribution in [2.45, 2.75) is 32.4 Å². The van der Waals surface area contributed by atoms with Gasteiger partial charge in [-0.05, 0) is 43.5 Å². The van der Waals surface area contributed by atoms with Crippen molar-refractivity contribution in [3.63, 3.8) is 0 Å². The van der Waals surface area contributed by atoms with Crippen molar-refractivity contribution in [1.82, 2.24) is 15.5 Å². The maximum absolute atomic E-state index is 9.82. The number of hydrogen-bond donors (Lipinski definition) is 2. The molecule has 2 N–H and O–H groups in total. The zero-order chi connectivity index (χ0) is 15.0. The maximum Gasteiger partial charge on any atom is 0.244 e. The van der Waals surface area contributed by atoms with Crippen LogP contribution in [0.1, 0.15) is 29.5 Å². The van der Waals surface area contributed by atoms with E-state index in [2.05, 4.69) is 15.5 Å². The van der Waals surface area contributed by atoms with Crippen molar-refractivity contribution in [2.75, 3.05) is 13.7 Å². The maximum atomic E-state index is 9.82. The number of aromatic hydroxyl groups is 1. The number of aromatic nitrogens is 2. The van der Waals surface area contributed by atoms with E-state index in [1.54, 1.807) is 7.11 Å². The number of phenols is 1. The van der Waals surface area contributed by atoms with E-state index in [0.29, 0.717) is 17.5 Å². The van der Waals surface area contributed by atoms with E-state index < -0.39 is 0 Å². The van der Waals surface area contributed by atoms with Crippen LogP contribution < -0.4 is 5.32 Å². The molecule has 112 valence electrons. The van der Waals surface area contributed by atoms with E-state index in [-0.39, 0.29) is 12.1 Å². The first-order valence-electron chi connectivity index (χ1n) is 6.99. The number of benzene rings is 1. The Kier molecular flexibility index (Phi) is 3.65. The van der Waals surface area contributed by atoms with Gasteiger partial charge in [0.25, 0.3) is 0 Å². The quantitative estimate of drug-likeness (QED) is 0.900. The molecule has 2 heterocycles. The molecule has 2 atom stereocenters. The third kappa shape index (κ3) is 2.64. The van der Waals surface area contributed by atoms with E-state index >= 15 is 0 Å². The van der Waals surface area contributed by atoms with Gasteiger partial charge >= 0.3 is 0 Å². The molecule has 3 rings (SSSR count). The lowest BCUT2D eigenvalue weighted by Gasteiger charge is -2.05. The fourth-order valence-corrected chi connectivity index (χ4v) is 2.65. The predicted molar refractivity (Wildman–Crippen MR) is 77.0 cm³/mol.